The minimum Gasteiger partial charge on any atom is -0.390 e. The van der Waals surface area contributed by atoms with Crippen LogP contribution in [0.1, 0.15) is 72.1 Å². The molecule has 0 bridgehead atoms. The lowest BCUT2D eigenvalue weighted by molar-refractivity contribution is -0.0864. The Morgan fingerprint density at radius 1 is 1.12 bits per heavy atom. The van der Waals surface area contributed by atoms with E-state index in [0.29, 0.717) is 5.92 Å². The minimum absolute atomic E-state index is 0.312. The van der Waals surface area contributed by atoms with Gasteiger partial charge < -0.3 is 5.11 Å². The lowest BCUT2D eigenvalue weighted by atomic mass is 9.63. The third kappa shape index (κ3) is 2.86. The van der Waals surface area contributed by atoms with Crippen LogP contribution in [-0.2, 0) is 0 Å². The molecule has 0 aliphatic heterocycles. The third-order valence-electron chi connectivity index (χ3n) is 5.80. The Morgan fingerprint density at radius 2 is 1.88 bits per heavy atom. The molecule has 0 amide bonds. The van der Waals surface area contributed by atoms with Gasteiger partial charge in [-0.15, -0.1) is 0 Å². The molecule has 2 rings (SSSR count). The molecule has 100 valence electrons. The smallest absolute Gasteiger partial charge is 0.0678 e. The van der Waals surface area contributed by atoms with Crippen LogP contribution in [0.4, 0.5) is 0 Å². The number of rotatable bonds is 2. The Balaban J connectivity index is 2.00. The van der Waals surface area contributed by atoms with E-state index in [2.05, 4.69) is 20.8 Å². The molecule has 2 aliphatic rings. The van der Waals surface area contributed by atoms with Crippen LogP contribution in [-0.4, -0.2) is 10.7 Å². The van der Waals surface area contributed by atoms with E-state index < -0.39 is 0 Å². The molecule has 0 aromatic rings. The molecule has 0 spiro atoms. The van der Waals surface area contributed by atoms with Crippen molar-refractivity contribution in [2.45, 2.75) is 77.7 Å². The molecule has 17 heavy (non-hydrogen) atoms. The predicted octanol–water partition coefficient (Wildman–Crippen LogP) is 4.39. The van der Waals surface area contributed by atoms with Crippen molar-refractivity contribution >= 4 is 0 Å². The van der Waals surface area contributed by atoms with Crippen molar-refractivity contribution in [1.29, 1.82) is 0 Å². The molecule has 0 heterocycles. The molecular weight excluding hydrogens is 208 g/mol. The van der Waals surface area contributed by atoms with E-state index in [0.717, 1.165) is 30.6 Å². The molecule has 1 N–H and O–H groups in total. The minimum atomic E-state index is -0.312. The fourth-order valence-corrected chi connectivity index (χ4v) is 4.16. The maximum atomic E-state index is 11.0. The Kier molecular flexibility index (Phi) is 4.18. The second kappa shape index (κ2) is 5.30. The molecule has 0 aromatic carbocycles. The van der Waals surface area contributed by atoms with E-state index in [9.17, 15) is 5.11 Å². The molecule has 1 heteroatoms. The lowest BCUT2D eigenvalue weighted by Gasteiger charge is -2.46. The van der Waals surface area contributed by atoms with Crippen molar-refractivity contribution in [1.82, 2.24) is 0 Å². The van der Waals surface area contributed by atoms with Crippen molar-refractivity contribution in [2.24, 2.45) is 23.7 Å². The highest BCUT2D eigenvalue weighted by Crippen LogP contribution is 2.46. The molecular formula is C16H30O. The molecule has 2 saturated carbocycles. The second-order valence-corrected chi connectivity index (χ2v) is 6.94. The van der Waals surface area contributed by atoms with Gasteiger partial charge in [-0.05, 0) is 49.4 Å². The largest absolute Gasteiger partial charge is 0.390 e. The van der Waals surface area contributed by atoms with E-state index in [1.165, 1.54) is 38.5 Å². The summed E-state index contributed by atoms with van der Waals surface area (Å²) in [6, 6.07) is 0. The summed E-state index contributed by atoms with van der Waals surface area (Å²) in [6.45, 7) is 7.03. The number of aliphatic hydroxyl groups is 1. The fourth-order valence-electron chi connectivity index (χ4n) is 4.16. The topological polar surface area (TPSA) is 20.2 Å². The van der Waals surface area contributed by atoms with Crippen LogP contribution < -0.4 is 0 Å². The summed E-state index contributed by atoms with van der Waals surface area (Å²) in [7, 11) is 0. The molecule has 1 nitrogen and oxygen atoms in total. The van der Waals surface area contributed by atoms with Crippen LogP contribution in [0.3, 0.4) is 0 Å². The van der Waals surface area contributed by atoms with Gasteiger partial charge in [-0.1, -0.05) is 46.5 Å². The summed E-state index contributed by atoms with van der Waals surface area (Å²) < 4.78 is 0. The zero-order valence-corrected chi connectivity index (χ0v) is 11.9. The zero-order valence-electron chi connectivity index (χ0n) is 11.9. The Labute approximate surface area is 107 Å². The van der Waals surface area contributed by atoms with Crippen LogP contribution in [0.5, 0.6) is 0 Å². The van der Waals surface area contributed by atoms with Gasteiger partial charge in [-0.25, -0.2) is 0 Å². The van der Waals surface area contributed by atoms with Crippen LogP contribution >= 0.6 is 0 Å². The highest BCUT2D eigenvalue weighted by Gasteiger charge is 2.42. The quantitative estimate of drug-likeness (QED) is 0.756. The van der Waals surface area contributed by atoms with Crippen LogP contribution in [0, 0.1) is 23.7 Å². The molecule has 5 unspecified atom stereocenters. The van der Waals surface area contributed by atoms with Gasteiger partial charge in [0.25, 0.3) is 0 Å². The highest BCUT2D eigenvalue weighted by molar-refractivity contribution is 4.94. The summed E-state index contributed by atoms with van der Waals surface area (Å²) >= 11 is 0. The lowest BCUT2D eigenvalue weighted by Crippen LogP contribution is -2.45. The average molecular weight is 238 g/mol. The molecule has 2 aliphatic carbocycles. The standard InChI is InChI=1S/C16H30O/c1-4-14-6-5-9-16(17,11-14)15-8-7-12(2)13(3)10-15/h12-15,17H,4-11H2,1-3H3. The Bertz CT molecular complexity index is 250. The van der Waals surface area contributed by atoms with E-state index >= 15 is 0 Å². The first-order valence-corrected chi connectivity index (χ1v) is 7.77. The molecule has 0 saturated heterocycles. The van der Waals surface area contributed by atoms with Gasteiger partial charge in [0, 0.05) is 0 Å². The van der Waals surface area contributed by atoms with Crippen LogP contribution in [0.15, 0.2) is 0 Å². The van der Waals surface area contributed by atoms with Crippen molar-refractivity contribution in [2.75, 3.05) is 0 Å². The maximum absolute atomic E-state index is 11.0. The predicted molar refractivity (Wildman–Crippen MR) is 72.9 cm³/mol. The van der Waals surface area contributed by atoms with E-state index in [-0.39, 0.29) is 5.60 Å². The van der Waals surface area contributed by atoms with E-state index in [1.54, 1.807) is 0 Å². The zero-order chi connectivity index (χ0) is 12.5. The third-order valence-corrected chi connectivity index (χ3v) is 5.80. The summed E-state index contributed by atoms with van der Waals surface area (Å²) in [5.41, 5.74) is -0.312. The highest BCUT2D eigenvalue weighted by atomic mass is 16.3. The molecule has 0 radical (unpaired) electrons. The van der Waals surface area contributed by atoms with Gasteiger partial charge in [0.1, 0.15) is 0 Å². The van der Waals surface area contributed by atoms with Gasteiger partial charge in [-0.3, -0.25) is 0 Å². The summed E-state index contributed by atoms with van der Waals surface area (Å²) in [5.74, 6) is 3.03. The Morgan fingerprint density at radius 3 is 2.53 bits per heavy atom. The summed E-state index contributed by atoms with van der Waals surface area (Å²) in [5, 5.41) is 11.0. The van der Waals surface area contributed by atoms with Crippen molar-refractivity contribution in [3.63, 3.8) is 0 Å². The summed E-state index contributed by atoms with van der Waals surface area (Å²) in [4.78, 5) is 0. The van der Waals surface area contributed by atoms with Gasteiger partial charge >= 0.3 is 0 Å². The van der Waals surface area contributed by atoms with Gasteiger partial charge in [0.2, 0.25) is 0 Å². The van der Waals surface area contributed by atoms with Crippen molar-refractivity contribution in [3.8, 4) is 0 Å². The summed E-state index contributed by atoms with van der Waals surface area (Å²) in [6.07, 6.45) is 9.83. The maximum Gasteiger partial charge on any atom is 0.0678 e. The normalized spacial score (nSPS) is 48.0. The molecule has 2 fully saturated rings. The van der Waals surface area contributed by atoms with Gasteiger partial charge in [-0.2, -0.15) is 0 Å². The first kappa shape index (κ1) is 13.4. The van der Waals surface area contributed by atoms with Crippen LogP contribution in [0.2, 0.25) is 0 Å². The SMILES string of the molecule is CCC1CCCC(O)(C2CCC(C)C(C)C2)C1. The number of hydrogen-bond donors (Lipinski definition) is 1. The second-order valence-electron chi connectivity index (χ2n) is 6.94. The average Bonchev–Trinajstić information content (AvgIpc) is 2.32. The van der Waals surface area contributed by atoms with Crippen molar-refractivity contribution in [3.05, 3.63) is 0 Å². The van der Waals surface area contributed by atoms with Crippen molar-refractivity contribution < 1.29 is 5.11 Å². The van der Waals surface area contributed by atoms with E-state index in [4.69, 9.17) is 0 Å². The van der Waals surface area contributed by atoms with Gasteiger partial charge in [0.15, 0.2) is 0 Å². The van der Waals surface area contributed by atoms with Crippen LogP contribution in [0.25, 0.3) is 0 Å². The monoisotopic (exact) mass is 238 g/mol. The fraction of sp³-hybridized carbons (Fsp3) is 1.00. The van der Waals surface area contributed by atoms with E-state index in [1.807, 2.05) is 0 Å². The Hall–Kier alpha value is -0.0400. The molecule has 5 atom stereocenters. The van der Waals surface area contributed by atoms with Gasteiger partial charge in [0.05, 0.1) is 5.60 Å². The first-order valence-electron chi connectivity index (χ1n) is 7.77. The first-order chi connectivity index (χ1) is 8.05. The molecule has 0 aromatic heterocycles. The number of hydrogen-bond acceptors (Lipinski definition) is 1.